The molecule has 0 fully saturated rings. The van der Waals surface area contributed by atoms with Crippen molar-refractivity contribution in [3.05, 3.63) is 35.1 Å². The van der Waals surface area contributed by atoms with E-state index in [1.165, 1.54) is 18.2 Å². The molecular formula is C13H17FN2O. The molecule has 0 amide bonds. The van der Waals surface area contributed by atoms with Gasteiger partial charge in [0.25, 0.3) is 0 Å². The molecule has 0 spiro atoms. The summed E-state index contributed by atoms with van der Waals surface area (Å²) in [6, 6.07) is 6.23. The van der Waals surface area contributed by atoms with Gasteiger partial charge in [-0.1, -0.05) is 0 Å². The zero-order valence-electron chi connectivity index (χ0n) is 10.4. The van der Waals surface area contributed by atoms with Gasteiger partial charge in [0.15, 0.2) is 0 Å². The number of methoxy groups -OCH3 is 1. The Balaban J connectivity index is 2.75. The molecule has 4 heteroatoms. The van der Waals surface area contributed by atoms with Crippen LogP contribution in [0.2, 0.25) is 0 Å². The summed E-state index contributed by atoms with van der Waals surface area (Å²) in [5.41, 5.74) is 0.942. The highest BCUT2D eigenvalue weighted by atomic mass is 19.1. The molecule has 0 radical (unpaired) electrons. The van der Waals surface area contributed by atoms with E-state index in [1.807, 2.05) is 13.8 Å². The Hall–Kier alpha value is -1.44. The van der Waals surface area contributed by atoms with Crippen molar-refractivity contribution < 1.29 is 9.13 Å². The molecule has 1 rings (SSSR count). The lowest BCUT2D eigenvalue weighted by Crippen LogP contribution is -2.42. The van der Waals surface area contributed by atoms with Crippen LogP contribution < -0.4 is 5.32 Å². The molecule has 1 aromatic carbocycles. The van der Waals surface area contributed by atoms with E-state index < -0.39 is 0 Å². The quantitative estimate of drug-likeness (QED) is 0.852. The first-order chi connectivity index (χ1) is 7.98. The Labute approximate surface area is 101 Å². The second kappa shape index (κ2) is 5.76. The molecule has 1 aromatic rings. The maximum Gasteiger partial charge on any atom is 0.123 e. The highest BCUT2D eigenvalue weighted by molar-refractivity contribution is 5.37. The average molecular weight is 236 g/mol. The summed E-state index contributed by atoms with van der Waals surface area (Å²) in [4.78, 5) is 0. The zero-order valence-corrected chi connectivity index (χ0v) is 10.4. The minimum Gasteiger partial charge on any atom is -0.383 e. The molecule has 0 aliphatic carbocycles. The van der Waals surface area contributed by atoms with Crippen molar-refractivity contribution >= 4 is 0 Å². The summed E-state index contributed by atoms with van der Waals surface area (Å²) in [5, 5.41) is 12.2. The van der Waals surface area contributed by atoms with Crippen LogP contribution in [-0.4, -0.2) is 19.3 Å². The normalized spacial score (nSPS) is 11.2. The summed E-state index contributed by atoms with van der Waals surface area (Å²) in [7, 11) is 1.63. The largest absolute Gasteiger partial charge is 0.383 e. The maximum absolute atomic E-state index is 13.1. The minimum absolute atomic E-state index is 0.214. The summed E-state index contributed by atoms with van der Waals surface area (Å²) < 4.78 is 18.2. The van der Waals surface area contributed by atoms with E-state index in [2.05, 4.69) is 11.4 Å². The third-order valence-corrected chi connectivity index (χ3v) is 2.45. The number of halogens is 1. The van der Waals surface area contributed by atoms with Crippen molar-refractivity contribution in [2.75, 3.05) is 13.7 Å². The van der Waals surface area contributed by atoms with Gasteiger partial charge in [0.1, 0.15) is 5.82 Å². The molecule has 0 aromatic heterocycles. The highest BCUT2D eigenvalue weighted by Crippen LogP contribution is 2.12. The molecule has 3 nitrogen and oxygen atoms in total. The standard InChI is InChI=1S/C13H17FN2O/c1-13(2,9-17-3)16-8-11-6-12(14)5-4-10(11)7-15/h4-6,16H,8-9H2,1-3H3. The van der Waals surface area contributed by atoms with E-state index in [4.69, 9.17) is 10.00 Å². The van der Waals surface area contributed by atoms with Crippen molar-refractivity contribution in [3.63, 3.8) is 0 Å². The molecule has 0 heterocycles. The monoisotopic (exact) mass is 236 g/mol. The average Bonchev–Trinajstić information content (AvgIpc) is 2.27. The van der Waals surface area contributed by atoms with Gasteiger partial charge in [-0.3, -0.25) is 0 Å². The van der Waals surface area contributed by atoms with E-state index in [1.54, 1.807) is 7.11 Å². The van der Waals surface area contributed by atoms with Gasteiger partial charge < -0.3 is 10.1 Å². The fourth-order valence-corrected chi connectivity index (χ4v) is 1.56. The van der Waals surface area contributed by atoms with Gasteiger partial charge in [-0.15, -0.1) is 0 Å². The van der Waals surface area contributed by atoms with E-state index >= 15 is 0 Å². The van der Waals surface area contributed by atoms with Gasteiger partial charge >= 0.3 is 0 Å². The van der Waals surface area contributed by atoms with Crippen molar-refractivity contribution in [1.29, 1.82) is 5.26 Å². The summed E-state index contributed by atoms with van der Waals surface area (Å²) in [6.45, 7) is 4.96. The number of nitriles is 1. The van der Waals surface area contributed by atoms with Crippen molar-refractivity contribution in [2.24, 2.45) is 0 Å². The van der Waals surface area contributed by atoms with E-state index in [9.17, 15) is 4.39 Å². The van der Waals surface area contributed by atoms with Crippen LogP contribution in [-0.2, 0) is 11.3 Å². The molecule has 0 aliphatic heterocycles. The zero-order chi connectivity index (χ0) is 12.9. The fraction of sp³-hybridized carbons (Fsp3) is 0.462. The molecule has 0 atom stereocenters. The number of rotatable bonds is 5. The van der Waals surface area contributed by atoms with Crippen LogP contribution in [0.3, 0.4) is 0 Å². The smallest absolute Gasteiger partial charge is 0.123 e. The summed E-state index contributed by atoms with van der Waals surface area (Å²) >= 11 is 0. The summed E-state index contributed by atoms with van der Waals surface area (Å²) in [6.07, 6.45) is 0. The number of hydrogen-bond acceptors (Lipinski definition) is 3. The lowest BCUT2D eigenvalue weighted by Gasteiger charge is -2.25. The number of benzene rings is 1. The summed E-state index contributed by atoms with van der Waals surface area (Å²) in [5.74, 6) is -0.328. The maximum atomic E-state index is 13.1. The van der Waals surface area contributed by atoms with Crippen molar-refractivity contribution in [1.82, 2.24) is 5.32 Å². The van der Waals surface area contributed by atoms with Gasteiger partial charge in [0, 0.05) is 19.2 Å². The molecular weight excluding hydrogens is 219 g/mol. The predicted molar refractivity (Wildman–Crippen MR) is 63.9 cm³/mol. The number of ether oxygens (including phenoxy) is 1. The number of hydrogen-bond donors (Lipinski definition) is 1. The lowest BCUT2D eigenvalue weighted by atomic mass is 10.0. The van der Waals surface area contributed by atoms with E-state index in [0.717, 1.165) is 0 Å². The number of nitrogens with one attached hydrogen (secondary N) is 1. The van der Waals surface area contributed by atoms with Gasteiger partial charge in [-0.05, 0) is 37.6 Å². The third kappa shape index (κ3) is 4.14. The molecule has 0 saturated carbocycles. The van der Waals surface area contributed by atoms with Gasteiger partial charge in [-0.2, -0.15) is 5.26 Å². The molecule has 0 unspecified atom stereocenters. The molecule has 92 valence electrons. The number of nitrogens with zero attached hydrogens (tertiary/aromatic N) is 1. The molecule has 0 aliphatic rings. The van der Waals surface area contributed by atoms with Crippen LogP contribution in [0.15, 0.2) is 18.2 Å². The lowest BCUT2D eigenvalue weighted by molar-refractivity contribution is 0.127. The molecule has 0 saturated heterocycles. The van der Waals surface area contributed by atoms with E-state index in [0.29, 0.717) is 24.3 Å². The Kier molecular flexibility index (Phi) is 4.62. The van der Waals surface area contributed by atoms with Crippen molar-refractivity contribution in [3.8, 4) is 6.07 Å². The highest BCUT2D eigenvalue weighted by Gasteiger charge is 2.17. The van der Waals surface area contributed by atoms with Crippen LogP contribution in [0.25, 0.3) is 0 Å². The van der Waals surface area contributed by atoms with E-state index in [-0.39, 0.29) is 11.4 Å². The van der Waals surface area contributed by atoms with Crippen LogP contribution in [0, 0.1) is 17.1 Å². The predicted octanol–water partition coefficient (Wildman–Crippen LogP) is 2.21. The second-order valence-corrected chi connectivity index (χ2v) is 4.58. The Morgan fingerprint density at radius 2 is 2.18 bits per heavy atom. The van der Waals surface area contributed by atoms with Crippen LogP contribution in [0.5, 0.6) is 0 Å². The van der Waals surface area contributed by atoms with Gasteiger partial charge in [-0.25, -0.2) is 4.39 Å². The van der Waals surface area contributed by atoms with Crippen LogP contribution in [0.1, 0.15) is 25.0 Å². The Morgan fingerprint density at radius 3 is 2.76 bits per heavy atom. The van der Waals surface area contributed by atoms with Gasteiger partial charge in [0.05, 0.1) is 18.2 Å². The van der Waals surface area contributed by atoms with Gasteiger partial charge in [0.2, 0.25) is 0 Å². The first-order valence-electron chi connectivity index (χ1n) is 5.41. The third-order valence-electron chi connectivity index (χ3n) is 2.45. The SMILES string of the molecule is COCC(C)(C)NCc1cc(F)ccc1C#N. The first kappa shape index (κ1) is 13.6. The van der Waals surface area contributed by atoms with Crippen molar-refractivity contribution in [2.45, 2.75) is 25.9 Å². The molecule has 1 N–H and O–H groups in total. The Morgan fingerprint density at radius 1 is 1.47 bits per heavy atom. The second-order valence-electron chi connectivity index (χ2n) is 4.58. The fourth-order valence-electron chi connectivity index (χ4n) is 1.56. The minimum atomic E-state index is -0.328. The van der Waals surface area contributed by atoms with Crippen LogP contribution in [0.4, 0.5) is 4.39 Å². The molecule has 0 bridgehead atoms. The molecule has 17 heavy (non-hydrogen) atoms. The topological polar surface area (TPSA) is 45.0 Å². The Bertz CT molecular complexity index is 424. The van der Waals surface area contributed by atoms with Crippen LogP contribution >= 0.6 is 0 Å². The first-order valence-corrected chi connectivity index (χ1v) is 5.41.